The standard InChI is InChI=1S/C35H45N5O4/c1-6-36-35(44)31(23(2)3)40-32(41)25(5)37-22-30(20-26-14-9-7-10-15-26)39-34(43)29-19-13-18-28(21-29)33(42)38-24(4)27-16-11-8-12-17-27/h7-19,21,23-25,30-31,37H,6,20,22H2,1-5H3,(H,36,44)(H,38,42)(H,39,43)(H,40,41)/t24-,25-,30-,31-/m0/s1. The van der Waals surface area contributed by atoms with Crippen LogP contribution in [0.2, 0.25) is 0 Å². The van der Waals surface area contributed by atoms with Crippen molar-refractivity contribution in [1.29, 1.82) is 0 Å². The maximum Gasteiger partial charge on any atom is 0.251 e. The van der Waals surface area contributed by atoms with E-state index in [4.69, 9.17) is 0 Å². The molecule has 3 rings (SSSR count). The fraction of sp³-hybridized carbons (Fsp3) is 0.371. The Kier molecular flexibility index (Phi) is 13.1. The average molecular weight is 600 g/mol. The lowest BCUT2D eigenvalue weighted by molar-refractivity contribution is -0.130. The molecule has 0 aliphatic carbocycles. The Balaban J connectivity index is 1.67. The van der Waals surface area contributed by atoms with Gasteiger partial charge in [-0.1, -0.05) is 80.6 Å². The summed E-state index contributed by atoms with van der Waals surface area (Å²) in [4.78, 5) is 51.8. The normalized spacial score (nSPS) is 13.7. The number of hydrogen-bond acceptors (Lipinski definition) is 5. The van der Waals surface area contributed by atoms with Gasteiger partial charge in [0.1, 0.15) is 6.04 Å². The molecule has 0 heterocycles. The number of hydrogen-bond donors (Lipinski definition) is 5. The zero-order chi connectivity index (χ0) is 32.1. The van der Waals surface area contributed by atoms with Gasteiger partial charge < -0.3 is 26.6 Å². The van der Waals surface area contributed by atoms with Crippen LogP contribution in [0.5, 0.6) is 0 Å². The van der Waals surface area contributed by atoms with Crippen LogP contribution in [-0.4, -0.2) is 54.8 Å². The van der Waals surface area contributed by atoms with Crippen LogP contribution in [0.15, 0.2) is 84.9 Å². The van der Waals surface area contributed by atoms with E-state index in [-0.39, 0.29) is 41.6 Å². The van der Waals surface area contributed by atoms with Crippen molar-refractivity contribution in [2.24, 2.45) is 5.92 Å². The van der Waals surface area contributed by atoms with Crippen molar-refractivity contribution in [1.82, 2.24) is 26.6 Å². The Morgan fingerprint density at radius 1 is 0.682 bits per heavy atom. The first-order valence-corrected chi connectivity index (χ1v) is 15.2. The van der Waals surface area contributed by atoms with Crippen LogP contribution in [0.1, 0.15) is 72.5 Å². The molecule has 4 amide bonds. The van der Waals surface area contributed by atoms with Crippen LogP contribution >= 0.6 is 0 Å². The molecule has 3 aromatic rings. The molecule has 0 aromatic heterocycles. The van der Waals surface area contributed by atoms with Crippen LogP contribution in [-0.2, 0) is 16.0 Å². The molecule has 3 aromatic carbocycles. The zero-order valence-electron chi connectivity index (χ0n) is 26.2. The molecule has 0 aliphatic heterocycles. The summed E-state index contributed by atoms with van der Waals surface area (Å²) < 4.78 is 0. The van der Waals surface area contributed by atoms with Crippen molar-refractivity contribution >= 4 is 23.6 Å². The van der Waals surface area contributed by atoms with Gasteiger partial charge >= 0.3 is 0 Å². The summed E-state index contributed by atoms with van der Waals surface area (Å²) in [5.74, 6) is -1.20. The van der Waals surface area contributed by atoms with Crippen molar-refractivity contribution in [3.8, 4) is 0 Å². The number of likely N-dealkylation sites (N-methyl/N-ethyl adjacent to an activating group) is 1. The van der Waals surface area contributed by atoms with Gasteiger partial charge in [0.15, 0.2) is 0 Å². The zero-order valence-corrected chi connectivity index (χ0v) is 26.2. The third kappa shape index (κ3) is 10.3. The molecule has 0 bridgehead atoms. The molecule has 0 saturated carbocycles. The molecular weight excluding hydrogens is 554 g/mol. The van der Waals surface area contributed by atoms with E-state index in [0.29, 0.717) is 30.6 Å². The summed E-state index contributed by atoms with van der Waals surface area (Å²) in [6, 6.07) is 24.2. The first-order valence-electron chi connectivity index (χ1n) is 15.2. The quantitative estimate of drug-likeness (QED) is 0.182. The van der Waals surface area contributed by atoms with Crippen molar-refractivity contribution in [3.05, 3.63) is 107 Å². The summed E-state index contributed by atoms with van der Waals surface area (Å²) in [5, 5.41) is 14.9. The molecule has 0 unspecified atom stereocenters. The number of carbonyl (C=O) groups excluding carboxylic acids is 4. The molecule has 0 aliphatic rings. The summed E-state index contributed by atoms with van der Waals surface area (Å²) >= 11 is 0. The van der Waals surface area contributed by atoms with Gasteiger partial charge in [-0.25, -0.2) is 0 Å². The van der Waals surface area contributed by atoms with E-state index in [2.05, 4.69) is 26.6 Å². The molecule has 44 heavy (non-hydrogen) atoms. The van der Waals surface area contributed by atoms with Crippen molar-refractivity contribution in [2.45, 2.75) is 65.2 Å². The first kappa shape index (κ1) is 34.0. The molecule has 0 radical (unpaired) electrons. The maximum atomic E-state index is 13.4. The highest BCUT2D eigenvalue weighted by molar-refractivity contribution is 6.00. The second kappa shape index (κ2) is 17.0. The molecule has 5 N–H and O–H groups in total. The summed E-state index contributed by atoms with van der Waals surface area (Å²) in [6.07, 6.45) is 0.524. The highest BCUT2D eigenvalue weighted by Gasteiger charge is 2.26. The summed E-state index contributed by atoms with van der Waals surface area (Å²) in [7, 11) is 0. The van der Waals surface area contributed by atoms with E-state index in [1.807, 2.05) is 88.4 Å². The van der Waals surface area contributed by atoms with Gasteiger partial charge in [0, 0.05) is 30.3 Å². The third-order valence-corrected chi connectivity index (χ3v) is 7.36. The summed E-state index contributed by atoms with van der Waals surface area (Å²) in [5.41, 5.74) is 2.75. The SMILES string of the molecule is CCNC(=O)[C@@H](NC(=O)[C@H](C)NC[C@H](Cc1ccccc1)NC(=O)c1cccc(C(=O)N[C@@H](C)c2ccccc2)c1)C(C)C. The van der Waals surface area contributed by atoms with E-state index < -0.39 is 12.1 Å². The second-order valence-electron chi connectivity index (χ2n) is 11.3. The number of carbonyl (C=O) groups is 4. The van der Waals surface area contributed by atoms with E-state index in [0.717, 1.165) is 11.1 Å². The van der Waals surface area contributed by atoms with Crippen LogP contribution in [0.3, 0.4) is 0 Å². The molecule has 0 fully saturated rings. The molecule has 4 atom stereocenters. The Labute approximate surface area is 260 Å². The Bertz CT molecular complexity index is 1380. The van der Waals surface area contributed by atoms with Gasteiger partial charge in [-0.15, -0.1) is 0 Å². The lowest BCUT2D eigenvalue weighted by Gasteiger charge is -2.25. The van der Waals surface area contributed by atoms with Gasteiger partial charge in [-0.3, -0.25) is 19.2 Å². The van der Waals surface area contributed by atoms with E-state index >= 15 is 0 Å². The molecule has 234 valence electrons. The summed E-state index contributed by atoms with van der Waals surface area (Å²) in [6.45, 7) is 10.0. The van der Waals surface area contributed by atoms with Crippen LogP contribution < -0.4 is 26.6 Å². The smallest absolute Gasteiger partial charge is 0.251 e. The van der Waals surface area contributed by atoms with Crippen molar-refractivity contribution in [2.75, 3.05) is 13.1 Å². The number of rotatable bonds is 15. The minimum absolute atomic E-state index is 0.0813. The molecule has 0 spiro atoms. The van der Waals surface area contributed by atoms with Crippen molar-refractivity contribution in [3.63, 3.8) is 0 Å². The fourth-order valence-corrected chi connectivity index (χ4v) is 4.76. The van der Waals surface area contributed by atoms with Gasteiger partial charge in [0.2, 0.25) is 11.8 Å². The molecular formula is C35H45N5O4. The van der Waals surface area contributed by atoms with E-state index in [9.17, 15) is 19.2 Å². The lowest BCUT2D eigenvalue weighted by atomic mass is 10.0. The largest absolute Gasteiger partial charge is 0.355 e. The first-order chi connectivity index (χ1) is 21.1. The minimum atomic E-state index is -0.647. The Morgan fingerprint density at radius 3 is 1.86 bits per heavy atom. The number of nitrogens with one attached hydrogen (secondary N) is 5. The minimum Gasteiger partial charge on any atom is -0.355 e. The monoisotopic (exact) mass is 599 g/mol. The average Bonchev–Trinajstić information content (AvgIpc) is 3.02. The Hall–Kier alpha value is -4.50. The van der Waals surface area contributed by atoms with Crippen LogP contribution in [0.25, 0.3) is 0 Å². The van der Waals surface area contributed by atoms with E-state index in [1.165, 1.54) is 0 Å². The van der Waals surface area contributed by atoms with Gasteiger partial charge in [0.25, 0.3) is 11.8 Å². The predicted octanol–water partition coefficient (Wildman–Crippen LogP) is 3.77. The van der Waals surface area contributed by atoms with Crippen molar-refractivity contribution < 1.29 is 19.2 Å². The fourth-order valence-electron chi connectivity index (χ4n) is 4.76. The van der Waals surface area contributed by atoms with Gasteiger partial charge in [0.05, 0.1) is 12.1 Å². The van der Waals surface area contributed by atoms with Gasteiger partial charge in [-0.05, 0) is 62.4 Å². The van der Waals surface area contributed by atoms with Gasteiger partial charge in [-0.2, -0.15) is 0 Å². The molecule has 0 saturated heterocycles. The van der Waals surface area contributed by atoms with Crippen LogP contribution in [0, 0.1) is 5.92 Å². The van der Waals surface area contributed by atoms with E-state index in [1.54, 1.807) is 31.2 Å². The maximum absolute atomic E-state index is 13.4. The highest BCUT2D eigenvalue weighted by Crippen LogP contribution is 2.14. The lowest BCUT2D eigenvalue weighted by Crippen LogP contribution is -2.55. The number of benzene rings is 3. The number of amides is 4. The van der Waals surface area contributed by atoms with Crippen LogP contribution in [0.4, 0.5) is 0 Å². The Morgan fingerprint density at radius 2 is 1.27 bits per heavy atom. The molecule has 9 nitrogen and oxygen atoms in total. The predicted molar refractivity (Wildman–Crippen MR) is 173 cm³/mol. The second-order valence-corrected chi connectivity index (χ2v) is 11.3. The highest BCUT2D eigenvalue weighted by atomic mass is 16.2. The topological polar surface area (TPSA) is 128 Å². The third-order valence-electron chi connectivity index (χ3n) is 7.36. The molecule has 9 heteroatoms.